The van der Waals surface area contributed by atoms with Crippen LogP contribution in [0.3, 0.4) is 0 Å². The highest BCUT2D eigenvalue weighted by Gasteiger charge is 2.36. The Morgan fingerprint density at radius 2 is 1.83 bits per heavy atom. The molecule has 1 fully saturated rings. The third kappa shape index (κ3) is 4.01. The van der Waals surface area contributed by atoms with Gasteiger partial charge in [-0.3, -0.25) is 9.59 Å². The van der Waals surface area contributed by atoms with E-state index in [2.05, 4.69) is 0 Å². The van der Waals surface area contributed by atoms with Gasteiger partial charge in [-0.2, -0.15) is 0 Å². The molecule has 1 saturated carbocycles. The molecule has 1 heterocycles. The minimum atomic E-state index is -0.956. The molecule has 0 unspecified atom stereocenters. The Morgan fingerprint density at radius 1 is 1.13 bits per heavy atom. The second-order valence-corrected chi connectivity index (χ2v) is 8.05. The average molecular weight is 415 g/mol. The van der Waals surface area contributed by atoms with Crippen LogP contribution in [0.2, 0.25) is 0 Å². The smallest absolute Gasteiger partial charge is 0.306 e. The van der Waals surface area contributed by atoms with E-state index >= 15 is 4.39 Å². The van der Waals surface area contributed by atoms with Crippen molar-refractivity contribution in [2.24, 2.45) is 11.8 Å². The van der Waals surface area contributed by atoms with Crippen LogP contribution in [0.1, 0.15) is 47.2 Å². The molecule has 1 N–H and O–H groups in total. The molecule has 1 amide bonds. The molecule has 2 aliphatic rings. The van der Waals surface area contributed by atoms with E-state index in [9.17, 15) is 14.0 Å². The molecule has 2 aromatic carbocycles. The molecule has 1 aliphatic carbocycles. The van der Waals surface area contributed by atoms with E-state index in [1.54, 1.807) is 24.3 Å². The molecule has 0 saturated heterocycles. The Hall–Kier alpha value is -2.96. The number of rotatable bonds is 6. The van der Waals surface area contributed by atoms with Gasteiger partial charge in [0.15, 0.2) is 17.4 Å². The van der Waals surface area contributed by atoms with E-state index in [1.165, 1.54) is 11.0 Å². The Balaban J connectivity index is 1.45. The number of benzene rings is 2. The lowest BCUT2D eigenvalue weighted by Crippen LogP contribution is -2.33. The monoisotopic (exact) mass is 415 g/mol. The third-order valence-electron chi connectivity index (χ3n) is 6.02. The van der Waals surface area contributed by atoms with E-state index in [0.29, 0.717) is 37.8 Å². The molecule has 5 nitrogen and oxygen atoms in total. The number of halogens is 2. The number of ether oxygens (including phenoxy) is 1. The van der Waals surface area contributed by atoms with E-state index in [1.807, 2.05) is 6.07 Å². The van der Waals surface area contributed by atoms with Crippen LogP contribution < -0.4 is 4.74 Å². The first kappa shape index (κ1) is 20.3. The van der Waals surface area contributed by atoms with Crippen molar-refractivity contribution >= 4 is 11.9 Å². The highest BCUT2D eigenvalue weighted by molar-refractivity contribution is 5.99. The molecule has 0 spiro atoms. The summed E-state index contributed by atoms with van der Waals surface area (Å²) in [5.74, 6) is -3.72. The number of carboxylic acids is 1. The van der Waals surface area contributed by atoms with Gasteiger partial charge in [-0.25, -0.2) is 8.78 Å². The third-order valence-corrected chi connectivity index (χ3v) is 6.02. The summed E-state index contributed by atoms with van der Waals surface area (Å²) in [5.41, 5.74) is 0.960. The van der Waals surface area contributed by atoms with Crippen molar-refractivity contribution in [2.45, 2.75) is 38.8 Å². The summed E-state index contributed by atoms with van der Waals surface area (Å²) < 4.78 is 34.9. The summed E-state index contributed by atoms with van der Waals surface area (Å²) in [6, 6.07) is 10.2. The summed E-state index contributed by atoms with van der Waals surface area (Å²) in [5, 5.41) is 9.11. The SMILES string of the molecule is O=C(O)C1CCC(CN2Cc3cc(F)c(OCc4ccccc4)c(F)c3C2=O)CC1. The van der Waals surface area contributed by atoms with Crippen LogP contribution in [-0.4, -0.2) is 28.4 Å². The van der Waals surface area contributed by atoms with Gasteiger partial charge in [0.05, 0.1) is 11.5 Å². The minimum absolute atomic E-state index is 0.00180. The molecule has 0 aromatic heterocycles. The second-order valence-electron chi connectivity index (χ2n) is 8.05. The summed E-state index contributed by atoms with van der Waals surface area (Å²) >= 11 is 0. The van der Waals surface area contributed by atoms with Gasteiger partial charge in [0.1, 0.15) is 6.61 Å². The van der Waals surface area contributed by atoms with Gasteiger partial charge < -0.3 is 14.7 Å². The van der Waals surface area contributed by atoms with Crippen LogP contribution in [-0.2, 0) is 17.9 Å². The molecule has 0 radical (unpaired) electrons. The van der Waals surface area contributed by atoms with Gasteiger partial charge >= 0.3 is 5.97 Å². The maximum atomic E-state index is 15.0. The van der Waals surface area contributed by atoms with Gasteiger partial charge in [0.25, 0.3) is 5.91 Å². The predicted octanol–water partition coefficient (Wildman–Crippen LogP) is 4.39. The molecule has 2 aromatic rings. The molecule has 0 bridgehead atoms. The number of carbonyl (C=O) groups is 2. The lowest BCUT2D eigenvalue weighted by atomic mass is 9.82. The van der Waals surface area contributed by atoms with Crippen LogP contribution in [0.25, 0.3) is 0 Å². The van der Waals surface area contributed by atoms with Crippen LogP contribution >= 0.6 is 0 Å². The van der Waals surface area contributed by atoms with Crippen LogP contribution in [0, 0.1) is 23.5 Å². The Labute approximate surface area is 173 Å². The highest BCUT2D eigenvalue weighted by atomic mass is 19.1. The van der Waals surface area contributed by atoms with E-state index in [4.69, 9.17) is 9.84 Å². The van der Waals surface area contributed by atoms with Crippen molar-refractivity contribution in [3.05, 3.63) is 64.7 Å². The van der Waals surface area contributed by atoms with Crippen LogP contribution in [0.15, 0.2) is 36.4 Å². The Morgan fingerprint density at radius 3 is 2.50 bits per heavy atom. The quantitative estimate of drug-likeness (QED) is 0.760. The number of nitrogens with zero attached hydrogens (tertiary/aromatic N) is 1. The van der Waals surface area contributed by atoms with E-state index in [-0.39, 0.29) is 30.6 Å². The molecular weight excluding hydrogens is 392 g/mol. The fourth-order valence-electron chi connectivity index (χ4n) is 4.35. The Kier molecular flexibility index (Phi) is 5.70. The van der Waals surface area contributed by atoms with Gasteiger partial charge in [0, 0.05) is 13.1 Å². The average Bonchev–Trinajstić information content (AvgIpc) is 3.04. The van der Waals surface area contributed by atoms with Gasteiger partial charge in [-0.15, -0.1) is 0 Å². The highest BCUT2D eigenvalue weighted by Crippen LogP contribution is 2.36. The fraction of sp³-hybridized carbons (Fsp3) is 0.391. The molecule has 158 valence electrons. The van der Waals surface area contributed by atoms with Crippen molar-refractivity contribution in [1.82, 2.24) is 4.90 Å². The fourth-order valence-corrected chi connectivity index (χ4v) is 4.35. The predicted molar refractivity (Wildman–Crippen MR) is 105 cm³/mol. The van der Waals surface area contributed by atoms with Crippen LogP contribution in [0.5, 0.6) is 5.75 Å². The lowest BCUT2D eigenvalue weighted by Gasteiger charge is -2.29. The standard InChI is InChI=1S/C23H23F2NO4/c24-18-10-17-12-26(11-14-6-8-16(9-7-14)23(28)29)22(27)19(17)20(25)21(18)30-13-15-4-2-1-3-5-15/h1-5,10,14,16H,6-9,11-13H2,(H,28,29). The Bertz CT molecular complexity index is 955. The molecular formula is C23H23F2NO4. The van der Waals surface area contributed by atoms with Crippen LogP contribution in [0.4, 0.5) is 8.78 Å². The van der Waals surface area contributed by atoms with E-state index in [0.717, 1.165) is 5.56 Å². The maximum absolute atomic E-state index is 15.0. The molecule has 7 heteroatoms. The number of hydrogen-bond acceptors (Lipinski definition) is 3. The number of fused-ring (bicyclic) bond motifs is 1. The zero-order valence-electron chi connectivity index (χ0n) is 16.4. The molecule has 30 heavy (non-hydrogen) atoms. The molecule has 1 aliphatic heterocycles. The number of hydrogen-bond donors (Lipinski definition) is 1. The number of amides is 1. The maximum Gasteiger partial charge on any atom is 0.306 e. The number of carboxylic acid groups (broad SMARTS) is 1. The minimum Gasteiger partial charge on any atom is -0.483 e. The van der Waals surface area contributed by atoms with Crippen molar-refractivity contribution in [2.75, 3.05) is 6.54 Å². The zero-order valence-corrected chi connectivity index (χ0v) is 16.4. The first-order valence-corrected chi connectivity index (χ1v) is 10.1. The summed E-state index contributed by atoms with van der Waals surface area (Å²) in [6.45, 7) is 0.569. The summed E-state index contributed by atoms with van der Waals surface area (Å²) in [4.78, 5) is 25.4. The second kappa shape index (κ2) is 8.42. The normalized spacial score (nSPS) is 20.9. The van der Waals surface area contributed by atoms with Gasteiger partial charge in [-0.1, -0.05) is 30.3 Å². The first-order chi connectivity index (χ1) is 14.4. The topological polar surface area (TPSA) is 66.8 Å². The first-order valence-electron chi connectivity index (χ1n) is 10.1. The van der Waals surface area contributed by atoms with Crippen molar-refractivity contribution < 1.29 is 28.2 Å². The molecule has 4 rings (SSSR count). The van der Waals surface area contributed by atoms with Gasteiger partial charge in [0.2, 0.25) is 0 Å². The summed E-state index contributed by atoms with van der Waals surface area (Å²) in [7, 11) is 0. The number of aliphatic carboxylic acids is 1. The van der Waals surface area contributed by atoms with Gasteiger partial charge in [-0.05, 0) is 48.8 Å². The largest absolute Gasteiger partial charge is 0.483 e. The van der Waals surface area contributed by atoms with Crippen molar-refractivity contribution in [1.29, 1.82) is 0 Å². The van der Waals surface area contributed by atoms with Crippen molar-refractivity contribution in [3.63, 3.8) is 0 Å². The zero-order chi connectivity index (χ0) is 21.3. The number of carbonyl (C=O) groups excluding carboxylic acids is 1. The summed E-state index contributed by atoms with van der Waals surface area (Å²) in [6.07, 6.45) is 2.57. The lowest BCUT2D eigenvalue weighted by molar-refractivity contribution is -0.143. The molecule has 0 atom stereocenters. The van der Waals surface area contributed by atoms with E-state index < -0.39 is 29.3 Å². The van der Waals surface area contributed by atoms with Crippen molar-refractivity contribution in [3.8, 4) is 5.75 Å².